The molecule has 0 saturated carbocycles. The first-order chi connectivity index (χ1) is 13.0. The van der Waals surface area contributed by atoms with Crippen molar-refractivity contribution in [3.63, 3.8) is 0 Å². The highest BCUT2D eigenvalue weighted by molar-refractivity contribution is 9.10. The smallest absolute Gasteiger partial charge is 0.337 e. The number of hydrogen-bond acceptors (Lipinski definition) is 2. The van der Waals surface area contributed by atoms with Crippen LogP contribution >= 0.6 is 15.9 Å². The van der Waals surface area contributed by atoms with Crippen molar-refractivity contribution in [3.8, 4) is 11.1 Å². The van der Waals surface area contributed by atoms with Gasteiger partial charge in [0.05, 0.1) is 11.3 Å². The Balaban J connectivity index is 1.74. The Bertz CT molecular complexity index is 1010. The van der Waals surface area contributed by atoms with Gasteiger partial charge in [0.2, 0.25) is 5.91 Å². The van der Waals surface area contributed by atoms with Crippen molar-refractivity contribution < 1.29 is 14.7 Å². The van der Waals surface area contributed by atoms with E-state index in [0.29, 0.717) is 0 Å². The van der Waals surface area contributed by atoms with Crippen LogP contribution in [0.15, 0.2) is 83.3 Å². The number of aromatic carboxylic acids is 1. The largest absolute Gasteiger partial charge is 0.478 e. The van der Waals surface area contributed by atoms with Gasteiger partial charge in [0.1, 0.15) is 0 Å². The monoisotopic (exact) mass is 421 g/mol. The molecule has 0 atom stereocenters. The molecular formula is C22H16BrNO3. The molecule has 4 nitrogen and oxygen atoms in total. The van der Waals surface area contributed by atoms with Crippen LogP contribution < -0.4 is 5.32 Å². The third-order valence-corrected chi connectivity index (χ3v) is 4.62. The molecule has 0 aromatic heterocycles. The zero-order chi connectivity index (χ0) is 19.2. The minimum Gasteiger partial charge on any atom is -0.478 e. The van der Waals surface area contributed by atoms with Gasteiger partial charge in [-0.3, -0.25) is 4.79 Å². The average Bonchev–Trinajstić information content (AvgIpc) is 2.68. The SMILES string of the molecule is O=C(/C=C/c1ccc(-c2ccccc2)cc1Br)Nc1ccccc1C(=O)O. The first-order valence-corrected chi connectivity index (χ1v) is 9.00. The van der Waals surface area contributed by atoms with E-state index in [1.165, 1.54) is 12.1 Å². The number of para-hydroxylation sites is 1. The maximum Gasteiger partial charge on any atom is 0.337 e. The number of nitrogens with one attached hydrogen (secondary N) is 1. The number of benzene rings is 3. The molecule has 0 aliphatic rings. The molecule has 0 aliphatic carbocycles. The van der Waals surface area contributed by atoms with Crippen LogP contribution in [0.25, 0.3) is 17.2 Å². The first kappa shape index (κ1) is 18.6. The van der Waals surface area contributed by atoms with Gasteiger partial charge in [0, 0.05) is 10.5 Å². The molecule has 0 aliphatic heterocycles. The molecule has 0 radical (unpaired) electrons. The normalized spacial score (nSPS) is 10.7. The second kappa shape index (κ2) is 8.47. The Morgan fingerprint density at radius 3 is 2.30 bits per heavy atom. The van der Waals surface area contributed by atoms with Crippen molar-refractivity contribution in [2.24, 2.45) is 0 Å². The molecule has 5 heteroatoms. The summed E-state index contributed by atoms with van der Waals surface area (Å²) in [4.78, 5) is 23.4. The molecule has 2 N–H and O–H groups in total. The minimum atomic E-state index is -1.09. The number of hydrogen-bond donors (Lipinski definition) is 2. The maximum atomic E-state index is 12.2. The van der Waals surface area contributed by atoms with Gasteiger partial charge in [-0.15, -0.1) is 0 Å². The second-order valence-electron chi connectivity index (χ2n) is 5.78. The molecule has 0 unspecified atom stereocenters. The highest BCUT2D eigenvalue weighted by Gasteiger charge is 2.10. The van der Waals surface area contributed by atoms with Crippen LogP contribution in [0.5, 0.6) is 0 Å². The van der Waals surface area contributed by atoms with E-state index in [1.54, 1.807) is 24.3 Å². The van der Waals surface area contributed by atoms with E-state index < -0.39 is 11.9 Å². The van der Waals surface area contributed by atoms with E-state index >= 15 is 0 Å². The Kier molecular flexibility index (Phi) is 5.84. The lowest BCUT2D eigenvalue weighted by molar-refractivity contribution is -0.111. The van der Waals surface area contributed by atoms with Crippen LogP contribution in [0.1, 0.15) is 15.9 Å². The van der Waals surface area contributed by atoms with Gasteiger partial charge in [0.15, 0.2) is 0 Å². The molecule has 27 heavy (non-hydrogen) atoms. The number of halogens is 1. The summed E-state index contributed by atoms with van der Waals surface area (Å²) in [6.45, 7) is 0. The predicted octanol–water partition coefficient (Wildman–Crippen LogP) is 5.47. The van der Waals surface area contributed by atoms with E-state index in [0.717, 1.165) is 21.2 Å². The standard InChI is InChI=1S/C22H16BrNO3/c23-19-14-17(15-6-2-1-3-7-15)11-10-16(19)12-13-21(25)24-20-9-5-4-8-18(20)22(26)27/h1-14H,(H,24,25)(H,26,27)/b13-12+. The number of carboxylic acids is 1. The Hall–Kier alpha value is -3.18. The third kappa shape index (κ3) is 4.71. The van der Waals surface area contributed by atoms with E-state index in [-0.39, 0.29) is 11.3 Å². The Labute approximate surface area is 165 Å². The lowest BCUT2D eigenvalue weighted by Crippen LogP contribution is -2.11. The summed E-state index contributed by atoms with van der Waals surface area (Å²) in [7, 11) is 0. The number of amides is 1. The van der Waals surface area contributed by atoms with Gasteiger partial charge >= 0.3 is 5.97 Å². The number of carboxylic acid groups (broad SMARTS) is 1. The number of anilines is 1. The third-order valence-electron chi connectivity index (χ3n) is 3.94. The molecule has 0 fully saturated rings. The zero-order valence-corrected chi connectivity index (χ0v) is 15.8. The van der Waals surface area contributed by atoms with Crippen molar-refractivity contribution in [3.05, 3.63) is 94.5 Å². The molecule has 0 saturated heterocycles. The van der Waals surface area contributed by atoms with Gasteiger partial charge in [0.25, 0.3) is 0 Å². The molecule has 0 bridgehead atoms. The quantitative estimate of drug-likeness (QED) is 0.537. The van der Waals surface area contributed by atoms with Gasteiger partial charge in [-0.1, -0.05) is 70.5 Å². The van der Waals surface area contributed by atoms with Crippen LogP contribution in [-0.2, 0) is 4.79 Å². The molecule has 1 amide bonds. The fourth-order valence-corrected chi connectivity index (χ4v) is 3.10. The summed E-state index contributed by atoms with van der Waals surface area (Å²) >= 11 is 3.53. The summed E-state index contributed by atoms with van der Waals surface area (Å²) < 4.78 is 0.860. The molecule has 134 valence electrons. The van der Waals surface area contributed by atoms with Gasteiger partial charge in [-0.05, 0) is 41.0 Å². The maximum absolute atomic E-state index is 12.2. The van der Waals surface area contributed by atoms with Crippen LogP contribution in [-0.4, -0.2) is 17.0 Å². The van der Waals surface area contributed by atoms with Gasteiger partial charge in [-0.2, -0.15) is 0 Å². The highest BCUT2D eigenvalue weighted by atomic mass is 79.9. The summed E-state index contributed by atoms with van der Waals surface area (Å²) in [6.07, 6.45) is 3.05. The van der Waals surface area contributed by atoms with Crippen molar-refractivity contribution in [1.29, 1.82) is 0 Å². The Morgan fingerprint density at radius 2 is 1.59 bits per heavy atom. The highest BCUT2D eigenvalue weighted by Crippen LogP contribution is 2.26. The second-order valence-corrected chi connectivity index (χ2v) is 6.63. The number of carbonyl (C=O) groups excluding carboxylic acids is 1. The summed E-state index contributed by atoms with van der Waals surface area (Å²) in [5.74, 6) is -1.49. The predicted molar refractivity (Wildman–Crippen MR) is 111 cm³/mol. The Morgan fingerprint density at radius 1 is 0.889 bits per heavy atom. The van der Waals surface area contributed by atoms with Crippen LogP contribution in [0.2, 0.25) is 0 Å². The number of rotatable bonds is 5. The lowest BCUT2D eigenvalue weighted by atomic mass is 10.0. The van der Waals surface area contributed by atoms with Crippen molar-refractivity contribution in [2.45, 2.75) is 0 Å². The summed E-state index contributed by atoms with van der Waals surface area (Å²) in [5, 5.41) is 11.8. The molecule has 3 aromatic rings. The summed E-state index contributed by atoms with van der Waals surface area (Å²) in [6, 6.07) is 22.2. The van der Waals surface area contributed by atoms with E-state index in [1.807, 2.05) is 48.5 Å². The lowest BCUT2D eigenvalue weighted by Gasteiger charge is -2.07. The number of carbonyl (C=O) groups is 2. The molecule has 0 heterocycles. The fourth-order valence-electron chi connectivity index (χ4n) is 2.59. The topological polar surface area (TPSA) is 66.4 Å². The molecule has 3 aromatic carbocycles. The minimum absolute atomic E-state index is 0.0487. The van der Waals surface area contributed by atoms with Crippen LogP contribution in [0, 0.1) is 0 Å². The van der Waals surface area contributed by atoms with E-state index in [2.05, 4.69) is 21.2 Å². The summed E-state index contributed by atoms with van der Waals surface area (Å²) in [5.41, 5.74) is 3.33. The zero-order valence-electron chi connectivity index (χ0n) is 14.2. The van der Waals surface area contributed by atoms with Crippen LogP contribution in [0.4, 0.5) is 5.69 Å². The average molecular weight is 422 g/mol. The van der Waals surface area contributed by atoms with Crippen molar-refractivity contribution >= 4 is 39.6 Å². The van der Waals surface area contributed by atoms with Crippen molar-refractivity contribution in [2.75, 3.05) is 5.32 Å². The van der Waals surface area contributed by atoms with E-state index in [9.17, 15) is 9.59 Å². The first-order valence-electron chi connectivity index (χ1n) is 8.21. The van der Waals surface area contributed by atoms with Gasteiger partial charge in [-0.25, -0.2) is 4.79 Å². The molecular weight excluding hydrogens is 406 g/mol. The fraction of sp³-hybridized carbons (Fsp3) is 0. The van der Waals surface area contributed by atoms with Gasteiger partial charge < -0.3 is 10.4 Å². The molecule has 0 spiro atoms. The van der Waals surface area contributed by atoms with E-state index in [4.69, 9.17) is 5.11 Å². The van der Waals surface area contributed by atoms with Crippen LogP contribution in [0.3, 0.4) is 0 Å². The van der Waals surface area contributed by atoms with Crippen molar-refractivity contribution in [1.82, 2.24) is 0 Å². The molecule has 3 rings (SSSR count).